The summed E-state index contributed by atoms with van der Waals surface area (Å²) in [7, 11) is 1.77. The molecule has 4 nitrogen and oxygen atoms in total. The summed E-state index contributed by atoms with van der Waals surface area (Å²) in [4.78, 5) is 11.9. The number of fused-ring (bicyclic) bond motifs is 1. The predicted molar refractivity (Wildman–Crippen MR) is 62.3 cm³/mol. The molecule has 3 N–H and O–H groups in total. The Bertz CT molecular complexity index is 577. The first-order chi connectivity index (χ1) is 8.04. The molecule has 90 valence electrons. The van der Waals surface area contributed by atoms with E-state index in [1.54, 1.807) is 23.9 Å². The van der Waals surface area contributed by atoms with Gasteiger partial charge < -0.3 is 15.4 Å². The smallest absolute Gasteiger partial charge is 0.184 e. The number of carbonyl (C=O) groups is 1. The number of nitrogens with zero attached hydrogens (tertiary/aromatic N) is 1. The van der Waals surface area contributed by atoms with Gasteiger partial charge in [0.2, 0.25) is 0 Å². The fraction of sp³-hybridized carbons (Fsp3) is 0.250. The number of nitrogens with two attached hydrogens (primary N) is 1. The van der Waals surface area contributed by atoms with E-state index in [0.717, 1.165) is 5.52 Å². The van der Waals surface area contributed by atoms with Crippen molar-refractivity contribution in [1.82, 2.24) is 4.57 Å². The molecule has 1 unspecified atom stereocenters. The van der Waals surface area contributed by atoms with Crippen LogP contribution in [0, 0.1) is 5.82 Å². The van der Waals surface area contributed by atoms with E-state index in [4.69, 9.17) is 10.8 Å². The van der Waals surface area contributed by atoms with Gasteiger partial charge in [0.1, 0.15) is 5.82 Å². The average molecular weight is 236 g/mol. The van der Waals surface area contributed by atoms with E-state index in [2.05, 4.69) is 0 Å². The first-order valence-corrected chi connectivity index (χ1v) is 5.20. The quantitative estimate of drug-likeness (QED) is 0.775. The van der Waals surface area contributed by atoms with Gasteiger partial charge in [-0.15, -0.1) is 0 Å². The van der Waals surface area contributed by atoms with Gasteiger partial charge in [0.25, 0.3) is 0 Å². The van der Waals surface area contributed by atoms with Crippen LogP contribution in [0.4, 0.5) is 4.39 Å². The summed E-state index contributed by atoms with van der Waals surface area (Å²) in [5, 5.41) is 9.39. The molecule has 0 amide bonds. The molecule has 5 heteroatoms. The van der Waals surface area contributed by atoms with Crippen LogP contribution in [0.25, 0.3) is 10.9 Å². The van der Waals surface area contributed by atoms with Crippen LogP contribution in [0.5, 0.6) is 0 Å². The second kappa shape index (κ2) is 4.27. The third-order valence-corrected chi connectivity index (χ3v) is 2.75. The van der Waals surface area contributed by atoms with Crippen LogP contribution in [0.2, 0.25) is 0 Å². The van der Waals surface area contributed by atoms with Gasteiger partial charge in [-0.3, -0.25) is 4.79 Å². The molecule has 0 bridgehead atoms. The van der Waals surface area contributed by atoms with Crippen molar-refractivity contribution >= 4 is 16.7 Å². The Morgan fingerprint density at radius 3 is 2.94 bits per heavy atom. The number of halogens is 1. The van der Waals surface area contributed by atoms with Gasteiger partial charge in [0.05, 0.1) is 12.6 Å². The summed E-state index contributed by atoms with van der Waals surface area (Å²) < 4.78 is 14.9. The van der Waals surface area contributed by atoms with Crippen molar-refractivity contribution in [3.05, 3.63) is 35.8 Å². The minimum Gasteiger partial charge on any atom is -0.394 e. The lowest BCUT2D eigenvalue weighted by Gasteiger charge is -2.05. The average Bonchev–Trinajstić information content (AvgIpc) is 2.64. The molecule has 0 saturated carbocycles. The van der Waals surface area contributed by atoms with E-state index >= 15 is 0 Å². The van der Waals surface area contributed by atoms with Gasteiger partial charge in [0, 0.05) is 29.7 Å². The van der Waals surface area contributed by atoms with Gasteiger partial charge in [-0.1, -0.05) is 0 Å². The lowest BCUT2D eigenvalue weighted by atomic mass is 10.0. The molecule has 0 saturated heterocycles. The van der Waals surface area contributed by atoms with Crippen molar-refractivity contribution in [1.29, 1.82) is 0 Å². The minimum atomic E-state index is -0.969. The van der Waals surface area contributed by atoms with Crippen molar-refractivity contribution in [3.63, 3.8) is 0 Å². The molecule has 1 aromatic heterocycles. The molecule has 0 aliphatic carbocycles. The molecule has 2 aromatic rings. The SMILES string of the molecule is Cn1cc(C(=O)C(N)CO)c2cc(F)ccc21. The highest BCUT2D eigenvalue weighted by molar-refractivity contribution is 6.10. The van der Waals surface area contributed by atoms with Crippen LogP contribution in [0.3, 0.4) is 0 Å². The Balaban J connectivity index is 2.62. The lowest BCUT2D eigenvalue weighted by Crippen LogP contribution is -2.33. The number of ketones is 1. The third-order valence-electron chi connectivity index (χ3n) is 2.75. The first kappa shape index (κ1) is 11.8. The van der Waals surface area contributed by atoms with Gasteiger partial charge >= 0.3 is 0 Å². The van der Waals surface area contributed by atoms with E-state index in [1.165, 1.54) is 12.1 Å². The molecule has 1 atom stereocenters. The maximum atomic E-state index is 13.2. The summed E-state index contributed by atoms with van der Waals surface area (Å²) in [6, 6.07) is 3.27. The second-order valence-corrected chi connectivity index (χ2v) is 3.97. The molecule has 0 spiro atoms. The van der Waals surface area contributed by atoms with Crippen molar-refractivity contribution in [3.8, 4) is 0 Å². The van der Waals surface area contributed by atoms with Crippen LogP contribution >= 0.6 is 0 Å². The normalized spacial score (nSPS) is 12.9. The maximum absolute atomic E-state index is 13.2. The van der Waals surface area contributed by atoms with E-state index in [0.29, 0.717) is 10.9 Å². The number of Topliss-reactive ketones (excluding diaryl/α,β-unsaturated/α-hetero) is 1. The first-order valence-electron chi connectivity index (χ1n) is 5.20. The Labute approximate surface area is 97.5 Å². The number of aliphatic hydroxyl groups excluding tert-OH is 1. The number of hydrogen-bond acceptors (Lipinski definition) is 3. The lowest BCUT2D eigenvalue weighted by molar-refractivity contribution is 0.0927. The number of carbonyl (C=O) groups excluding carboxylic acids is 1. The van der Waals surface area contributed by atoms with Crippen molar-refractivity contribution < 1.29 is 14.3 Å². The Kier molecular flexibility index (Phi) is 2.95. The molecule has 0 aliphatic heterocycles. The van der Waals surface area contributed by atoms with Gasteiger partial charge in [-0.05, 0) is 18.2 Å². The van der Waals surface area contributed by atoms with Crippen LogP contribution < -0.4 is 5.73 Å². The molecule has 1 heterocycles. The fourth-order valence-electron chi connectivity index (χ4n) is 1.84. The standard InChI is InChI=1S/C12H13FN2O2/c1-15-5-9(12(17)10(14)6-16)8-4-7(13)2-3-11(8)15/h2-5,10,16H,6,14H2,1H3. The third kappa shape index (κ3) is 1.94. The predicted octanol–water partition coefficient (Wildman–Crippen LogP) is 0.820. The Hall–Kier alpha value is -1.72. The summed E-state index contributed by atoms with van der Waals surface area (Å²) in [6.45, 7) is -0.426. The Morgan fingerprint density at radius 2 is 2.29 bits per heavy atom. The largest absolute Gasteiger partial charge is 0.394 e. The zero-order valence-corrected chi connectivity index (χ0v) is 9.35. The summed E-state index contributed by atoms with van der Waals surface area (Å²) in [5.41, 5.74) is 6.57. The van der Waals surface area contributed by atoms with E-state index in [9.17, 15) is 9.18 Å². The minimum absolute atomic E-state index is 0.337. The molecule has 0 aliphatic rings. The summed E-state index contributed by atoms with van der Waals surface area (Å²) in [6.07, 6.45) is 1.60. The number of hydrogen-bond donors (Lipinski definition) is 2. The number of aliphatic hydroxyl groups is 1. The second-order valence-electron chi connectivity index (χ2n) is 3.97. The molecule has 0 fully saturated rings. The summed E-state index contributed by atoms with van der Waals surface area (Å²) in [5.74, 6) is -0.793. The van der Waals surface area contributed by atoms with E-state index in [1.807, 2.05) is 0 Å². The zero-order valence-electron chi connectivity index (χ0n) is 9.35. The zero-order chi connectivity index (χ0) is 12.6. The van der Waals surface area contributed by atoms with Crippen LogP contribution in [0.1, 0.15) is 10.4 Å². The number of aromatic nitrogens is 1. The molecular formula is C12H13FN2O2. The molecule has 0 radical (unpaired) electrons. The fourth-order valence-corrected chi connectivity index (χ4v) is 1.84. The van der Waals surface area contributed by atoms with Crippen molar-refractivity contribution in [2.45, 2.75) is 6.04 Å². The maximum Gasteiger partial charge on any atom is 0.184 e. The number of rotatable bonds is 3. The summed E-state index contributed by atoms with van der Waals surface area (Å²) >= 11 is 0. The molecule has 1 aromatic carbocycles. The molecular weight excluding hydrogens is 223 g/mol. The number of benzene rings is 1. The molecule has 17 heavy (non-hydrogen) atoms. The number of aryl methyl sites for hydroxylation is 1. The van der Waals surface area contributed by atoms with Crippen molar-refractivity contribution in [2.75, 3.05) is 6.61 Å². The highest BCUT2D eigenvalue weighted by Crippen LogP contribution is 2.22. The van der Waals surface area contributed by atoms with E-state index in [-0.39, 0.29) is 5.78 Å². The highest BCUT2D eigenvalue weighted by Gasteiger charge is 2.19. The van der Waals surface area contributed by atoms with Crippen molar-refractivity contribution in [2.24, 2.45) is 12.8 Å². The van der Waals surface area contributed by atoms with Crippen LogP contribution in [-0.2, 0) is 7.05 Å². The Morgan fingerprint density at radius 1 is 1.59 bits per heavy atom. The van der Waals surface area contributed by atoms with Crippen LogP contribution in [-0.4, -0.2) is 28.1 Å². The topological polar surface area (TPSA) is 68.2 Å². The monoisotopic (exact) mass is 236 g/mol. The van der Waals surface area contributed by atoms with Gasteiger partial charge in [-0.25, -0.2) is 4.39 Å². The highest BCUT2D eigenvalue weighted by atomic mass is 19.1. The van der Waals surface area contributed by atoms with Gasteiger partial charge in [0.15, 0.2) is 5.78 Å². The van der Waals surface area contributed by atoms with E-state index < -0.39 is 18.5 Å². The van der Waals surface area contributed by atoms with Crippen LogP contribution in [0.15, 0.2) is 24.4 Å². The van der Waals surface area contributed by atoms with Gasteiger partial charge in [-0.2, -0.15) is 0 Å². The molecule has 2 rings (SSSR count).